The quantitative estimate of drug-likeness (QED) is 0.466. The molecule has 9 nitrogen and oxygen atoms in total. The molecule has 0 spiro atoms. The van der Waals surface area contributed by atoms with Gasteiger partial charge in [0, 0.05) is 19.7 Å². The van der Waals surface area contributed by atoms with Crippen molar-refractivity contribution in [2.24, 2.45) is 14.1 Å². The van der Waals surface area contributed by atoms with Crippen molar-refractivity contribution in [2.75, 3.05) is 0 Å². The summed E-state index contributed by atoms with van der Waals surface area (Å²) in [5.74, 6) is 0.725. The first-order valence-electron chi connectivity index (χ1n) is 7.67. The number of aryl methyl sites for hydroxylation is 1. The van der Waals surface area contributed by atoms with Crippen molar-refractivity contribution >= 4 is 27.1 Å². The molecule has 26 heavy (non-hydrogen) atoms. The lowest BCUT2D eigenvalue weighted by Crippen LogP contribution is -2.37. The SMILES string of the molecule is Cn1c(=O)c2nc(Br)n(Cc3nnc(-c4ccccc4)o3)c2n(C)c1=O. The van der Waals surface area contributed by atoms with Crippen molar-refractivity contribution in [2.45, 2.75) is 6.54 Å². The summed E-state index contributed by atoms with van der Waals surface area (Å²) in [6.45, 7) is 0.164. The fourth-order valence-corrected chi connectivity index (χ4v) is 3.22. The van der Waals surface area contributed by atoms with E-state index in [4.69, 9.17) is 4.42 Å². The number of hydrogen-bond acceptors (Lipinski definition) is 6. The maximum Gasteiger partial charge on any atom is 0.332 e. The Labute approximate surface area is 154 Å². The summed E-state index contributed by atoms with van der Waals surface area (Å²) in [6, 6.07) is 9.40. The van der Waals surface area contributed by atoms with Crippen LogP contribution in [0.5, 0.6) is 0 Å². The third kappa shape index (κ3) is 2.49. The van der Waals surface area contributed by atoms with Crippen LogP contribution in [0.15, 0.2) is 49.1 Å². The Hall–Kier alpha value is -3.01. The van der Waals surface area contributed by atoms with Gasteiger partial charge in [0.25, 0.3) is 5.56 Å². The summed E-state index contributed by atoms with van der Waals surface area (Å²) in [4.78, 5) is 28.8. The molecular weight excluding hydrogens is 404 g/mol. The number of fused-ring (bicyclic) bond motifs is 1. The Kier molecular flexibility index (Phi) is 3.83. The highest BCUT2D eigenvalue weighted by molar-refractivity contribution is 9.10. The van der Waals surface area contributed by atoms with Crippen LogP contribution in [0.3, 0.4) is 0 Å². The van der Waals surface area contributed by atoms with Gasteiger partial charge < -0.3 is 4.42 Å². The molecule has 132 valence electrons. The Morgan fingerprint density at radius 2 is 1.81 bits per heavy atom. The predicted molar refractivity (Wildman–Crippen MR) is 96.8 cm³/mol. The molecule has 0 saturated heterocycles. The summed E-state index contributed by atoms with van der Waals surface area (Å²) in [5.41, 5.74) is 0.473. The molecule has 1 aromatic carbocycles. The molecule has 0 N–H and O–H groups in total. The number of hydrogen-bond donors (Lipinski definition) is 0. The van der Waals surface area contributed by atoms with Gasteiger partial charge in [0.15, 0.2) is 15.9 Å². The fraction of sp³-hybridized carbons (Fsp3) is 0.188. The minimum atomic E-state index is -0.460. The second-order valence-electron chi connectivity index (χ2n) is 5.71. The van der Waals surface area contributed by atoms with Crippen molar-refractivity contribution in [1.82, 2.24) is 28.9 Å². The van der Waals surface area contributed by atoms with E-state index in [1.165, 1.54) is 11.6 Å². The molecule has 0 atom stereocenters. The molecule has 0 bridgehead atoms. The first-order valence-corrected chi connectivity index (χ1v) is 8.46. The zero-order valence-electron chi connectivity index (χ0n) is 13.9. The minimum Gasteiger partial charge on any atom is -0.419 e. The van der Waals surface area contributed by atoms with Gasteiger partial charge >= 0.3 is 5.69 Å². The highest BCUT2D eigenvalue weighted by atomic mass is 79.9. The van der Waals surface area contributed by atoms with E-state index in [-0.39, 0.29) is 12.1 Å². The summed E-state index contributed by atoms with van der Waals surface area (Å²) < 4.78 is 10.1. The van der Waals surface area contributed by atoms with Gasteiger partial charge in [-0.2, -0.15) is 0 Å². The number of benzene rings is 1. The van der Waals surface area contributed by atoms with Crippen LogP contribution < -0.4 is 11.2 Å². The van der Waals surface area contributed by atoms with Crippen molar-refractivity contribution in [3.05, 3.63) is 61.8 Å². The normalized spacial score (nSPS) is 11.3. The second-order valence-corrected chi connectivity index (χ2v) is 6.42. The van der Waals surface area contributed by atoms with Gasteiger partial charge in [-0.15, -0.1) is 10.2 Å². The van der Waals surface area contributed by atoms with Crippen LogP contribution >= 0.6 is 15.9 Å². The lowest BCUT2D eigenvalue weighted by atomic mass is 10.2. The van der Waals surface area contributed by atoms with Crippen LogP contribution in [-0.4, -0.2) is 28.9 Å². The van der Waals surface area contributed by atoms with Crippen molar-refractivity contribution in [3.8, 4) is 11.5 Å². The largest absolute Gasteiger partial charge is 0.419 e. The third-order valence-corrected chi connectivity index (χ3v) is 4.68. The number of rotatable bonds is 3. The predicted octanol–water partition coefficient (Wildman–Crippen LogP) is 1.29. The van der Waals surface area contributed by atoms with E-state index in [0.717, 1.165) is 10.1 Å². The number of halogens is 1. The second kappa shape index (κ2) is 6.06. The molecule has 10 heteroatoms. The van der Waals surface area contributed by atoms with Crippen molar-refractivity contribution in [1.29, 1.82) is 0 Å². The average molecular weight is 417 g/mol. The van der Waals surface area contributed by atoms with E-state index in [1.54, 1.807) is 11.6 Å². The minimum absolute atomic E-state index is 0.164. The van der Waals surface area contributed by atoms with E-state index >= 15 is 0 Å². The Morgan fingerprint density at radius 3 is 2.54 bits per heavy atom. The van der Waals surface area contributed by atoms with E-state index in [1.807, 2.05) is 30.3 Å². The van der Waals surface area contributed by atoms with Gasteiger partial charge in [0.2, 0.25) is 11.8 Å². The van der Waals surface area contributed by atoms with Crippen LogP contribution in [0.4, 0.5) is 0 Å². The number of nitrogens with zero attached hydrogens (tertiary/aromatic N) is 6. The molecule has 4 rings (SSSR count). The van der Waals surface area contributed by atoms with Gasteiger partial charge in [-0.3, -0.25) is 18.5 Å². The zero-order chi connectivity index (χ0) is 18.4. The molecule has 0 amide bonds. The van der Waals surface area contributed by atoms with E-state index in [9.17, 15) is 9.59 Å². The topological polar surface area (TPSA) is 101 Å². The zero-order valence-corrected chi connectivity index (χ0v) is 15.5. The molecule has 3 heterocycles. The van der Waals surface area contributed by atoms with Gasteiger partial charge in [-0.1, -0.05) is 18.2 Å². The van der Waals surface area contributed by atoms with Gasteiger partial charge in [-0.05, 0) is 28.1 Å². The summed E-state index contributed by atoms with van der Waals surface area (Å²) >= 11 is 3.33. The average Bonchev–Trinajstić information content (AvgIpc) is 3.25. The van der Waals surface area contributed by atoms with Crippen LogP contribution in [0.25, 0.3) is 22.6 Å². The molecule has 0 saturated carbocycles. The van der Waals surface area contributed by atoms with E-state index in [0.29, 0.717) is 22.2 Å². The maximum atomic E-state index is 12.3. The molecule has 3 aromatic heterocycles. The standard InChI is InChI=1S/C16H13BrN6O3/c1-21-13-11(14(24)22(2)16(21)25)18-15(17)23(13)8-10-19-20-12(26-10)9-6-4-3-5-7-9/h3-7H,8H2,1-2H3. The van der Waals surface area contributed by atoms with Crippen molar-refractivity contribution < 1.29 is 4.42 Å². The van der Waals surface area contributed by atoms with Crippen LogP contribution in [0.1, 0.15) is 5.89 Å². The molecule has 0 radical (unpaired) electrons. The molecular formula is C16H13BrN6O3. The maximum absolute atomic E-state index is 12.3. The van der Waals surface area contributed by atoms with E-state index in [2.05, 4.69) is 31.1 Å². The van der Waals surface area contributed by atoms with E-state index < -0.39 is 11.2 Å². The first kappa shape index (κ1) is 16.5. The van der Waals surface area contributed by atoms with Crippen LogP contribution in [-0.2, 0) is 20.6 Å². The fourth-order valence-electron chi connectivity index (χ4n) is 2.75. The van der Waals surface area contributed by atoms with Gasteiger partial charge in [0.1, 0.15) is 6.54 Å². The monoisotopic (exact) mass is 416 g/mol. The Bertz CT molecular complexity index is 1230. The van der Waals surface area contributed by atoms with Crippen LogP contribution in [0.2, 0.25) is 0 Å². The molecule has 0 fully saturated rings. The van der Waals surface area contributed by atoms with Gasteiger partial charge in [0.05, 0.1) is 0 Å². The Balaban J connectivity index is 1.82. The van der Waals surface area contributed by atoms with Gasteiger partial charge in [-0.25, -0.2) is 9.78 Å². The molecule has 0 aliphatic rings. The lowest BCUT2D eigenvalue weighted by molar-refractivity contribution is 0.487. The molecule has 0 aliphatic carbocycles. The number of aromatic nitrogens is 6. The molecule has 0 aliphatic heterocycles. The molecule has 4 aromatic rings. The third-order valence-electron chi connectivity index (χ3n) is 4.07. The first-order chi connectivity index (χ1) is 12.5. The summed E-state index contributed by atoms with van der Waals surface area (Å²) in [6.07, 6.45) is 0. The summed E-state index contributed by atoms with van der Waals surface area (Å²) in [7, 11) is 3.00. The molecule has 0 unspecified atom stereocenters. The van der Waals surface area contributed by atoms with Crippen LogP contribution in [0, 0.1) is 0 Å². The highest BCUT2D eigenvalue weighted by Crippen LogP contribution is 2.21. The van der Waals surface area contributed by atoms with Crippen molar-refractivity contribution in [3.63, 3.8) is 0 Å². The smallest absolute Gasteiger partial charge is 0.332 e. The lowest BCUT2D eigenvalue weighted by Gasteiger charge is -2.07. The summed E-state index contributed by atoms with van der Waals surface area (Å²) in [5, 5.41) is 8.10. The number of imidazole rings is 1. The Morgan fingerprint density at radius 1 is 1.08 bits per heavy atom. The highest BCUT2D eigenvalue weighted by Gasteiger charge is 2.19.